The highest BCUT2D eigenvalue weighted by molar-refractivity contribution is 7.91. The Morgan fingerprint density at radius 1 is 1.29 bits per heavy atom. The second-order valence-corrected chi connectivity index (χ2v) is 6.62. The molecule has 0 spiro atoms. The van der Waals surface area contributed by atoms with Crippen LogP contribution in [0.1, 0.15) is 32.1 Å². The molecule has 1 saturated heterocycles. The first-order valence-corrected chi connectivity index (χ1v) is 7.57. The van der Waals surface area contributed by atoms with E-state index in [9.17, 15) is 13.2 Å². The first kappa shape index (κ1) is 16.7. The van der Waals surface area contributed by atoms with Gasteiger partial charge in [0.25, 0.3) is 0 Å². The van der Waals surface area contributed by atoms with Crippen LogP contribution >= 0.6 is 0 Å². The predicted molar refractivity (Wildman–Crippen MR) is 60.0 cm³/mol. The van der Waals surface area contributed by atoms with Crippen LogP contribution in [0.15, 0.2) is 0 Å². The molecule has 0 radical (unpaired) electrons. The molecule has 1 aliphatic rings. The summed E-state index contributed by atoms with van der Waals surface area (Å²) >= 11 is 0. The van der Waals surface area contributed by atoms with Gasteiger partial charge in [-0.1, -0.05) is 0 Å². The van der Waals surface area contributed by atoms with Gasteiger partial charge in [0.1, 0.15) is 11.8 Å². The van der Waals surface area contributed by atoms with Crippen LogP contribution < -0.4 is 17.7 Å². The lowest BCUT2D eigenvalue weighted by atomic mass is 10.2. The van der Waals surface area contributed by atoms with Crippen LogP contribution in [0.4, 0.5) is 0 Å². The number of halogens is 1. The third kappa shape index (κ3) is 7.57. The highest BCUT2D eigenvalue weighted by atomic mass is 35.5. The van der Waals surface area contributed by atoms with Crippen molar-refractivity contribution in [2.24, 2.45) is 0 Å². The van der Waals surface area contributed by atoms with E-state index in [1.54, 1.807) is 0 Å². The van der Waals surface area contributed by atoms with Gasteiger partial charge in [-0.2, -0.15) is 0 Å². The number of quaternary nitrogens is 1. The summed E-state index contributed by atoms with van der Waals surface area (Å²) in [7, 11) is -2.76. The zero-order chi connectivity index (χ0) is 12.0. The van der Waals surface area contributed by atoms with E-state index in [0.29, 0.717) is 17.9 Å². The second-order valence-electron chi connectivity index (χ2n) is 4.39. The maximum absolute atomic E-state index is 11.2. The molecular weight excluding hydrogens is 266 g/mol. The van der Waals surface area contributed by atoms with Crippen molar-refractivity contribution < 1.29 is 36.0 Å². The van der Waals surface area contributed by atoms with Crippen LogP contribution in [0, 0.1) is 0 Å². The van der Waals surface area contributed by atoms with E-state index in [-0.39, 0.29) is 24.9 Å². The summed E-state index contributed by atoms with van der Waals surface area (Å²) in [4.78, 5) is 10.2. The van der Waals surface area contributed by atoms with E-state index >= 15 is 0 Å². The highest BCUT2D eigenvalue weighted by Crippen LogP contribution is 2.07. The maximum Gasteiger partial charge on any atom is 0.303 e. The van der Waals surface area contributed by atoms with Crippen molar-refractivity contribution in [3.05, 3.63) is 0 Å². The molecule has 1 atom stereocenters. The molecule has 1 fully saturated rings. The van der Waals surface area contributed by atoms with E-state index in [4.69, 9.17) is 5.11 Å². The van der Waals surface area contributed by atoms with Gasteiger partial charge in [-0.15, -0.1) is 0 Å². The largest absolute Gasteiger partial charge is 1.00 e. The molecule has 1 heterocycles. The molecule has 0 aromatic heterocycles. The van der Waals surface area contributed by atoms with Crippen LogP contribution in [0.25, 0.3) is 0 Å². The van der Waals surface area contributed by atoms with Gasteiger partial charge in [-0.3, -0.25) is 4.79 Å². The number of carboxylic acid groups (broad SMARTS) is 1. The molecule has 0 saturated carbocycles. The zero-order valence-electron chi connectivity index (χ0n) is 9.77. The molecule has 1 unspecified atom stereocenters. The van der Waals surface area contributed by atoms with Crippen molar-refractivity contribution in [2.45, 2.75) is 38.1 Å². The number of carbonyl (C=O) groups is 1. The van der Waals surface area contributed by atoms with Crippen LogP contribution in [-0.2, 0) is 14.6 Å². The van der Waals surface area contributed by atoms with E-state index < -0.39 is 15.8 Å². The SMILES string of the molecule is O=C(O)CCCCC[NH2+]C1CCS(=O)(=O)C1.[Cl-]. The predicted octanol–water partition coefficient (Wildman–Crippen LogP) is -3.61. The Hall–Kier alpha value is -0.330. The van der Waals surface area contributed by atoms with Crippen molar-refractivity contribution in [1.82, 2.24) is 0 Å². The Morgan fingerprint density at radius 3 is 2.53 bits per heavy atom. The smallest absolute Gasteiger partial charge is 0.303 e. The summed E-state index contributed by atoms with van der Waals surface area (Å²) in [5.41, 5.74) is 0. The summed E-state index contributed by atoms with van der Waals surface area (Å²) in [5.74, 6) is -0.110. The first-order valence-electron chi connectivity index (χ1n) is 5.75. The van der Waals surface area contributed by atoms with Gasteiger partial charge in [0, 0.05) is 12.8 Å². The Labute approximate surface area is 108 Å². The minimum absolute atomic E-state index is 0. The molecule has 0 amide bonds. The van der Waals surface area contributed by atoms with Crippen molar-refractivity contribution in [1.29, 1.82) is 0 Å². The molecular formula is C10H20ClNO4S. The van der Waals surface area contributed by atoms with Crippen molar-refractivity contribution in [3.63, 3.8) is 0 Å². The van der Waals surface area contributed by atoms with Gasteiger partial charge >= 0.3 is 5.97 Å². The van der Waals surface area contributed by atoms with E-state index in [0.717, 1.165) is 25.8 Å². The molecule has 0 aliphatic carbocycles. The quantitative estimate of drug-likeness (QED) is 0.473. The summed E-state index contributed by atoms with van der Waals surface area (Å²) in [6, 6.07) is 0.226. The van der Waals surface area contributed by atoms with Crippen LogP contribution in [0.3, 0.4) is 0 Å². The minimum atomic E-state index is -2.76. The van der Waals surface area contributed by atoms with E-state index in [1.165, 1.54) is 0 Å². The first-order chi connectivity index (χ1) is 7.49. The Balaban J connectivity index is 0.00000256. The summed E-state index contributed by atoms with van der Waals surface area (Å²) < 4.78 is 22.3. The number of hydrogen-bond donors (Lipinski definition) is 2. The number of carboxylic acids is 1. The lowest BCUT2D eigenvalue weighted by Gasteiger charge is -2.06. The van der Waals surface area contributed by atoms with Crippen LogP contribution in [0.2, 0.25) is 0 Å². The molecule has 17 heavy (non-hydrogen) atoms. The lowest BCUT2D eigenvalue weighted by Crippen LogP contribution is -3.00. The molecule has 0 bridgehead atoms. The number of unbranched alkanes of at least 4 members (excludes halogenated alkanes) is 2. The van der Waals surface area contributed by atoms with Gasteiger partial charge in [0.05, 0.1) is 12.3 Å². The van der Waals surface area contributed by atoms with Crippen LogP contribution in [-0.4, -0.2) is 43.6 Å². The standard InChI is InChI=1S/C10H19NO4S.ClH/c12-10(13)4-2-1-3-6-11-9-5-7-16(14,15)8-9;/h9,11H,1-8H2,(H,12,13);1H. The number of hydrogen-bond acceptors (Lipinski definition) is 3. The lowest BCUT2D eigenvalue weighted by molar-refractivity contribution is -0.684. The Bertz CT molecular complexity index is 331. The fraction of sp³-hybridized carbons (Fsp3) is 0.900. The average molecular weight is 286 g/mol. The number of nitrogens with two attached hydrogens (primary N) is 1. The summed E-state index contributed by atoms with van der Waals surface area (Å²) in [5, 5.41) is 10.5. The van der Waals surface area contributed by atoms with E-state index in [2.05, 4.69) is 5.32 Å². The fourth-order valence-corrected chi connectivity index (χ4v) is 3.74. The molecule has 5 nitrogen and oxygen atoms in total. The highest BCUT2D eigenvalue weighted by Gasteiger charge is 2.29. The molecule has 7 heteroatoms. The van der Waals surface area contributed by atoms with Crippen molar-refractivity contribution >= 4 is 15.8 Å². The van der Waals surface area contributed by atoms with Gasteiger partial charge in [0.15, 0.2) is 9.84 Å². The maximum atomic E-state index is 11.2. The molecule has 1 rings (SSSR count). The zero-order valence-corrected chi connectivity index (χ0v) is 11.3. The third-order valence-electron chi connectivity index (χ3n) is 2.86. The normalized spacial score (nSPS) is 22.0. The monoisotopic (exact) mass is 285 g/mol. The molecule has 0 aromatic rings. The number of sulfone groups is 1. The summed E-state index contributed by atoms with van der Waals surface area (Å²) in [6.07, 6.45) is 3.58. The fourth-order valence-electron chi connectivity index (χ4n) is 1.96. The third-order valence-corrected chi connectivity index (χ3v) is 4.66. The van der Waals surface area contributed by atoms with Crippen molar-refractivity contribution in [2.75, 3.05) is 18.1 Å². The minimum Gasteiger partial charge on any atom is -1.00 e. The second kappa shape index (κ2) is 7.89. The van der Waals surface area contributed by atoms with E-state index in [1.807, 2.05) is 0 Å². The Morgan fingerprint density at radius 2 is 2.00 bits per heavy atom. The molecule has 102 valence electrons. The van der Waals surface area contributed by atoms with Crippen LogP contribution in [0.5, 0.6) is 0 Å². The van der Waals surface area contributed by atoms with Gasteiger partial charge < -0.3 is 22.8 Å². The van der Waals surface area contributed by atoms with Crippen molar-refractivity contribution in [3.8, 4) is 0 Å². The van der Waals surface area contributed by atoms with Gasteiger partial charge in [0.2, 0.25) is 0 Å². The molecule has 1 aliphatic heterocycles. The van der Waals surface area contributed by atoms with Gasteiger partial charge in [-0.25, -0.2) is 8.42 Å². The molecule has 3 N–H and O–H groups in total. The molecule has 0 aromatic carbocycles. The Kier molecular flexibility index (Phi) is 7.74. The number of rotatable bonds is 7. The topological polar surface area (TPSA) is 88.0 Å². The average Bonchev–Trinajstić information content (AvgIpc) is 2.51. The number of aliphatic carboxylic acids is 1. The van der Waals surface area contributed by atoms with Gasteiger partial charge in [-0.05, 0) is 19.3 Å². The summed E-state index contributed by atoms with van der Waals surface area (Å²) in [6.45, 7) is 0.903.